The zero-order chi connectivity index (χ0) is 32.4. The highest BCUT2D eigenvalue weighted by Crippen LogP contribution is 2.47. The van der Waals surface area contributed by atoms with E-state index in [1.54, 1.807) is 0 Å². The lowest BCUT2D eigenvalue weighted by atomic mass is 9.34. The van der Waals surface area contributed by atoms with E-state index in [0.29, 0.717) is 0 Å². The molecule has 0 amide bonds. The van der Waals surface area contributed by atoms with Crippen LogP contribution in [0.4, 0.5) is 0 Å². The highest BCUT2D eigenvalue weighted by molar-refractivity contribution is 6.98. The van der Waals surface area contributed by atoms with Crippen LogP contribution in [0.3, 0.4) is 0 Å². The van der Waals surface area contributed by atoms with E-state index in [0.717, 1.165) is 61.6 Å². The van der Waals surface area contributed by atoms with Crippen LogP contribution in [0.2, 0.25) is 0 Å². The molecule has 0 radical (unpaired) electrons. The van der Waals surface area contributed by atoms with Crippen LogP contribution in [0.25, 0.3) is 44.5 Å². The summed E-state index contributed by atoms with van der Waals surface area (Å²) in [7, 11) is 0. The van der Waals surface area contributed by atoms with Crippen molar-refractivity contribution in [1.82, 2.24) is 0 Å². The van der Waals surface area contributed by atoms with E-state index >= 15 is 0 Å². The van der Waals surface area contributed by atoms with Crippen molar-refractivity contribution < 1.29 is 9.47 Å². The fourth-order valence-corrected chi connectivity index (χ4v) is 7.61. The number of fused-ring (bicyclic) bond motifs is 4. The van der Waals surface area contributed by atoms with Crippen LogP contribution >= 0.6 is 0 Å². The molecule has 0 unspecified atom stereocenters. The summed E-state index contributed by atoms with van der Waals surface area (Å²) in [6, 6.07) is 52.0. The second-order valence-electron chi connectivity index (χ2n) is 13.0. The fraction of sp³-hybridized carbons (Fsp3) is 0.0667. The molecular weight excluding hydrogens is 583 g/mol. The molecule has 2 aliphatic heterocycles. The van der Waals surface area contributed by atoms with Gasteiger partial charge in [0.05, 0.1) is 0 Å². The Kier molecular flexibility index (Phi) is 6.62. The van der Waals surface area contributed by atoms with Crippen molar-refractivity contribution in [3.8, 4) is 67.5 Å². The summed E-state index contributed by atoms with van der Waals surface area (Å²) < 4.78 is 14.1. The predicted molar refractivity (Wildman–Crippen MR) is 200 cm³/mol. The Labute approximate surface area is 282 Å². The zero-order valence-electron chi connectivity index (χ0n) is 27.3. The van der Waals surface area contributed by atoms with Crippen molar-refractivity contribution in [2.45, 2.75) is 20.8 Å². The van der Waals surface area contributed by atoms with Crippen LogP contribution < -0.4 is 25.9 Å². The maximum atomic E-state index is 7.06. The van der Waals surface area contributed by atoms with Gasteiger partial charge in [0.25, 0.3) is 6.71 Å². The Hall–Kier alpha value is -5.80. The highest BCUT2D eigenvalue weighted by Gasteiger charge is 2.43. The van der Waals surface area contributed by atoms with Crippen LogP contribution in [-0.2, 0) is 0 Å². The van der Waals surface area contributed by atoms with Crippen LogP contribution in [0.1, 0.15) is 16.7 Å². The Balaban J connectivity index is 1.38. The number of hydrogen-bond donors (Lipinski definition) is 0. The number of rotatable bonds is 4. The van der Waals surface area contributed by atoms with Crippen LogP contribution in [0, 0.1) is 20.8 Å². The minimum Gasteiger partial charge on any atom is -0.458 e. The van der Waals surface area contributed by atoms with Gasteiger partial charge >= 0.3 is 0 Å². The molecule has 228 valence electrons. The molecule has 0 spiro atoms. The summed E-state index contributed by atoms with van der Waals surface area (Å²) in [5, 5.41) is 0. The van der Waals surface area contributed by atoms with Gasteiger partial charge < -0.3 is 9.47 Å². The summed E-state index contributed by atoms with van der Waals surface area (Å²) in [4.78, 5) is 0. The first-order valence-corrected chi connectivity index (χ1v) is 16.6. The standard InChI is InChI=1S/C45H33BO2/c1-28-13-7-10-18-34(28)33-22-24-42-40(26-33)46-39-25-32(31-16-5-4-6-17-31)21-23-41(39)47-44-37(35-19-11-8-14-29(35)2)27-38(45(48-42)43(44)46)36-20-12-9-15-30(36)3/h4-27H,1-3H3. The lowest BCUT2D eigenvalue weighted by molar-refractivity contribution is 0.467. The maximum absolute atomic E-state index is 7.06. The molecule has 0 N–H and O–H groups in total. The predicted octanol–water partition coefficient (Wildman–Crippen LogP) is 10.0. The molecule has 0 saturated carbocycles. The van der Waals surface area contributed by atoms with Gasteiger partial charge in [-0.25, -0.2) is 0 Å². The van der Waals surface area contributed by atoms with E-state index < -0.39 is 0 Å². The summed E-state index contributed by atoms with van der Waals surface area (Å²) >= 11 is 0. The van der Waals surface area contributed by atoms with Crippen molar-refractivity contribution in [2.75, 3.05) is 0 Å². The lowest BCUT2D eigenvalue weighted by Crippen LogP contribution is -2.57. The molecule has 0 aliphatic carbocycles. The summed E-state index contributed by atoms with van der Waals surface area (Å²) in [6.07, 6.45) is 0. The average Bonchev–Trinajstić information content (AvgIpc) is 3.12. The number of hydrogen-bond acceptors (Lipinski definition) is 2. The van der Waals surface area contributed by atoms with Crippen LogP contribution in [-0.4, -0.2) is 6.71 Å². The Bertz CT molecular complexity index is 2330. The Morgan fingerprint density at radius 1 is 0.375 bits per heavy atom. The first-order valence-electron chi connectivity index (χ1n) is 16.6. The topological polar surface area (TPSA) is 18.5 Å². The SMILES string of the molecule is Cc1ccccc1-c1ccc2c(c1)B1c3cc(-c4ccccc4)ccc3Oc3c(-c4ccccc4C)cc(-c4ccccc4C)c(c31)O2. The summed E-state index contributed by atoms with van der Waals surface area (Å²) in [5.41, 5.74) is 16.3. The van der Waals surface area contributed by atoms with Gasteiger partial charge in [-0.15, -0.1) is 0 Å². The maximum Gasteiger partial charge on any atom is 0.260 e. The van der Waals surface area contributed by atoms with Gasteiger partial charge in [0.2, 0.25) is 0 Å². The molecule has 0 atom stereocenters. The van der Waals surface area contributed by atoms with E-state index in [-0.39, 0.29) is 6.71 Å². The van der Waals surface area contributed by atoms with E-state index in [9.17, 15) is 0 Å². The lowest BCUT2D eigenvalue weighted by Gasteiger charge is -2.36. The van der Waals surface area contributed by atoms with Gasteiger partial charge in [-0.1, -0.05) is 127 Å². The van der Waals surface area contributed by atoms with Gasteiger partial charge in [-0.05, 0) is 100.0 Å². The third-order valence-electron chi connectivity index (χ3n) is 10.1. The van der Waals surface area contributed by atoms with Gasteiger partial charge in [0.1, 0.15) is 23.0 Å². The third-order valence-corrected chi connectivity index (χ3v) is 10.1. The van der Waals surface area contributed by atoms with Crippen molar-refractivity contribution in [3.63, 3.8) is 0 Å². The van der Waals surface area contributed by atoms with Crippen molar-refractivity contribution in [3.05, 3.63) is 162 Å². The second kappa shape index (κ2) is 11.2. The molecule has 2 nitrogen and oxygen atoms in total. The van der Waals surface area contributed by atoms with E-state index in [1.807, 2.05) is 0 Å². The van der Waals surface area contributed by atoms with Gasteiger partial charge in [0, 0.05) is 16.6 Å². The third kappa shape index (κ3) is 4.50. The summed E-state index contributed by atoms with van der Waals surface area (Å²) in [6.45, 7) is 6.43. The molecular formula is C45H33BO2. The van der Waals surface area contributed by atoms with E-state index in [2.05, 4.69) is 166 Å². The number of ether oxygens (including phenoxy) is 2. The van der Waals surface area contributed by atoms with Crippen molar-refractivity contribution >= 4 is 23.1 Å². The smallest absolute Gasteiger partial charge is 0.260 e. The molecule has 0 fully saturated rings. The zero-order valence-corrected chi connectivity index (χ0v) is 27.3. The molecule has 0 aromatic heterocycles. The number of benzene rings is 7. The molecule has 3 heteroatoms. The minimum atomic E-state index is -0.0955. The van der Waals surface area contributed by atoms with E-state index in [1.165, 1.54) is 38.9 Å². The Morgan fingerprint density at radius 3 is 1.38 bits per heavy atom. The monoisotopic (exact) mass is 616 g/mol. The molecule has 2 aliphatic rings. The molecule has 48 heavy (non-hydrogen) atoms. The van der Waals surface area contributed by atoms with Crippen molar-refractivity contribution in [2.24, 2.45) is 0 Å². The first-order chi connectivity index (χ1) is 23.5. The normalized spacial score (nSPS) is 12.4. The molecule has 7 aromatic carbocycles. The van der Waals surface area contributed by atoms with Gasteiger partial charge in [0.15, 0.2) is 0 Å². The highest BCUT2D eigenvalue weighted by atomic mass is 16.5. The fourth-order valence-electron chi connectivity index (χ4n) is 7.61. The molecule has 0 bridgehead atoms. The minimum absolute atomic E-state index is 0.0955. The summed E-state index contributed by atoms with van der Waals surface area (Å²) in [5.74, 6) is 3.50. The molecule has 9 rings (SSSR count). The van der Waals surface area contributed by atoms with Crippen LogP contribution in [0.5, 0.6) is 23.0 Å². The largest absolute Gasteiger partial charge is 0.458 e. The van der Waals surface area contributed by atoms with Gasteiger partial charge in [-0.3, -0.25) is 0 Å². The molecule has 2 heterocycles. The molecule has 7 aromatic rings. The quantitative estimate of drug-likeness (QED) is 0.183. The molecule has 0 saturated heterocycles. The Morgan fingerprint density at radius 2 is 0.833 bits per heavy atom. The number of aryl methyl sites for hydroxylation is 3. The van der Waals surface area contributed by atoms with E-state index in [4.69, 9.17) is 9.47 Å². The van der Waals surface area contributed by atoms with Crippen molar-refractivity contribution in [1.29, 1.82) is 0 Å². The van der Waals surface area contributed by atoms with Crippen LogP contribution in [0.15, 0.2) is 146 Å². The average molecular weight is 617 g/mol. The first kappa shape index (κ1) is 28.4. The second-order valence-corrected chi connectivity index (χ2v) is 13.0. The van der Waals surface area contributed by atoms with Gasteiger partial charge in [-0.2, -0.15) is 0 Å².